The first-order valence-corrected chi connectivity index (χ1v) is 6.89. The first-order valence-electron chi connectivity index (χ1n) is 5.35. The van der Waals surface area contributed by atoms with E-state index in [2.05, 4.69) is 20.8 Å². The Hall–Kier alpha value is -1.09. The van der Waals surface area contributed by atoms with Crippen molar-refractivity contribution in [3.05, 3.63) is 35.2 Å². The van der Waals surface area contributed by atoms with Crippen molar-refractivity contribution in [1.29, 1.82) is 0 Å². The van der Waals surface area contributed by atoms with E-state index in [0.717, 1.165) is 17.6 Å². The molecule has 0 spiro atoms. The van der Waals surface area contributed by atoms with Crippen LogP contribution in [0.1, 0.15) is 32.8 Å². The Bertz CT molecular complexity index is 546. The summed E-state index contributed by atoms with van der Waals surface area (Å²) in [6, 6.07) is 7.22. The van der Waals surface area contributed by atoms with Gasteiger partial charge in [-0.15, -0.1) is 0 Å². The second-order valence-electron chi connectivity index (χ2n) is 5.42. The minimum atomic E-state index is -3.19. The molecule has 0 radical (unpaired) electrons. The molecule has 0 amide bonds. The maximum absolute atomic E-state index is 11.9. The lowest BCUT2D eigenvalue weighted by Gasteiger charge is -2.18. The quantitative estimate of drug-likeness (QED) is 0.750. The highest BCUT2D eigenvalue weighted by Crippen LogP contribution is 2.39. The summed E-state index contributed by atoms with van der Waals surface area (Å²) in [5, 5.41) is 1.42. The van der Waals surface area contributed by atoms with Crippen LogP contribution in [0.4, 0.5) is 0 Å². The molecule has 2 nitrogen and oxygen atoms in total. The van der Waals surface area contributed by atoms with E-state index in [1.807, 2.05) is 12.1 Å². The molecule has 86 valence electrons. The number of hydrogen-bond acceptors (Lipinski definition) is 2. The third-order valence-corrected chi connectivity index (χ3v) is 4.12. The van der Waals surface area contributed by atoms with E-state index in [-0.39, 0.29) is 5.41 Å². The van der Waals surface area contributed by atoms with Crippen LogP contribution in [-0.4, -0.2) is 8.42 Å². The van der Waals surface area contributed by atoms with Gasteiger partial charge in [-0.2, -0.15) is 0 Å². The summed E-state index contributed by atoms with van der Waals surface area (Å²) < 4.78 is 23.7. The van der Waals surface area contributed by atoms with Gasteiger partial charge in [-0.25, -0.2) is 8.42 Å². The fourth-order valence-corrected chi connectivity index (χ4v) is 3.49. The van der Waals surface area contributed by atoms with E-state index in [1.54, 1.807) is 12.1 Å². The van der Waals surface area contributed by atoms with Crippen molar-refractivity contribution in [1.82, 2.24) is 0 Å². The lowest BCUT2D eigenvalue weighted by atomic mass is 9.86. The normalized spacial score (nSPS) is 18.1. The molecule has 16 heavy (non-hydrogen) atoms. The Kier molecular flexibility index (Phi) is 2.46. The van der Waals surface area contributed by atoms with E-state index < -0.39 is 9.84 Å². The van der Waals surface area contributed by atoms with Crippen LogP contribution in [0.2, 0.25) is 0 Å². The molecule has 0 atom stereocenters. The molecule has 1 aromatic rings. The maximum Gasteiger partial charge on any atom is 0.200 e. The van der Waals surface area contributed by atoms with Crippen LogP contribution >= 0.6 is 0 Å². The third-order valence-electron chi connectivity index (χ3n) is 2.56. The fourth-order valence-electron chi connectivity index (χ4n) is 2.00. The molecule has 0 unspecified atom stereocenters. The van der Waals surface area contributed by atoms with E-state index in [9.17, 15) is 8.42 Å². The molecule has 0 aromatic heterocycles. The predicted molar refractivity (Wildman–Crippen MR) is 65.7 cm³/mol. The molecule has 0 bridgehead atoms. The summed E-state index contributed by atoms with van der Waals surface area (Å²) in [5.74, 6) is 0. The van der Waals surface area contributed by atoms with Crippen LogP contribution in [0.5, 0.6) is 0 Å². The van der Waals surface area contributed by atoms with E-state index >= 15 is 0 Å². The van der Waals surface area contributed by atoms with Gasteiger partial charge >= 0.3 is 0 Å². The van der Waals surface area contributed by atoms with Crippen LogP contribution < -0.4 is 0 Å². The average molecular weight is 236 g/mol. The van der Waals surface area contributed by atoms with Crippen molar-refractivity contribution in [2.24, 2.45) is 5.41 Å². The molecule has 0 fully saturated rings. The molecule has 0 saturated carbocycles. The van der Waals surface area contributed by atoms with Crippen molar-refractivity contribution in [3.8, 4) is 0 Å². The SMILES string of the molecule is CC(C)(C)CC1=CS(=O)(=O)c2ccccc21. The van der Waals surface area contributed by atoms with Crippen molar-refractivity contribution >= 4 is 15.4 Å². The third kappa shape index (κ3) is 2.05. The second kappa shape index (κ2) is 3.45. The van der Waals surface area contributed by atoms with Crippen LogP contribution in [0.3, 0.4) is 0 Å². The zero-order valence-electron chi connectivity index (χ0n) is 9.82. The van der Waals surface area contributed by atoms with Crippen LogP contribution in [0, 0.1) is 5.41 Å². The van der Waals surface area contributed by atoms with Gasteiger partial charge < -0.3 is 0 Å². The summed E-state index contributed by atoms with van der Waals surface area (Å²) in [7, 11) is -3.19. The van der Waals surface area contributed by atoms with Gasteiger partial charge in [-0.05, 0) is 29.0 Å². The topological polar surface area (TPSA) is 34.1 Å². The van der Waals surface area contributed by atoms with Gasteiger partial charge in [0.05, 0.1) is 4.90 Å². The van der Waals surface area contributed by atoms with E-state index in [4.69, 9.17) is 0 Å². The Morgan fingerprint density at radius 2 is 1.75 bits per heavy atom. The molecule has 1 aliphatic heterocycles. The summed E-state index contributed by atoms with van der Waals surface area (Å²) in [5.41, 5.74) is 1.90. The number of allylic oxidation sites excluding steroid dienone is 1. The first kappa shape index (κ1) is 11.4. The smallest absolute Gasteiger partial charge is 0.200 e. The molecule has 1 heterocycles. The Balaban J connectivity index is 2.52. The largest absolute Gasteiger partial charge is 0.219 e. The van der Waals surface area contributed by atoms with E-state index in [0.29, 0.717) is 4.90 Å². The number of fused-ring (bicyclic) bond motifs is 1. The molecule has 0 N–H and O–H groups in total. The highest BCUT2D eigenvalue weighted by Gasteiger charge is 2.28. The highest BCUT2D eigenvalue weighted by molar-refractivity contribution is 7.95. The molecular formula is C13H16O2S. The first-order chi connectivity index (χ1) is 7.30. The summed E-state index contributed by atoms with van der Waals surface area (Å²) in [4.78, 5) is 0.453. The van der Waals surface area contributed by atoms with Gasteiger partial charge in [0.2, 0.25) is 9.84 Å². The van der Waals surface area contributed by atoms with Crippen molar-refractivity contribution in [2.75, 3.05) is 0 Å². The lowest BCUT2D eigenvalue weighted by molar-refractivity contribution is 0.427. The summed E-state index contributed by atoms with van der Waals surface area (Å²) >= 11 is 0. The van der Waals surface area contributed by atoms with Gasteiger partial charge in [-0.3, -0.25) is 0 Å². The fraction of sp³-hybridized carbons (Fsp3) is 0.385. The molecule has 2 rings (SSSR count). The maximum atomic E-state index is 11.9. The predicted octanol–water partition coefficient (Wildman–Crippen LogP) is 3.25. The monoisotopic (exact) mass is 236 g/mol. The molecule has 0 aliphatic carbocycles. The Morgan fingerprint density at radius 1 is 1.12 bits per heavy atom. The standard InChI is InChI=1S/C13H16O2S/c1-13(2,3)8-10-9-16(14,15)12-7-5-4-6-11(10)12/h4-7,9H,8H2,1-3H3. The number of sulfone groups is 1. The summed E-state index contributed by atoms with van der Waals surface area (Å²) in [6.07, 6.45) is 0.781. The van der Waals surface area contributed by atoms with Crippen molar-refractivity contribution in [2.45, 2.75) is 32.1 Å². The highest BCUT2D eigenvalue weighted by atomic mass is 32.2. The van der Waals surface area contributed by atoms with Crippen LogP contribution in [-0.2, 0) is 9.84 Å². The van der Waals surface area contributed by atoms with Crippen LogP contribution in [0.25, 0.3) is 5.57 Å². The Morgan fingerprint density at radius 3 is 2.38 bits per heavy atom. The summed E-state index contributed by atoms with van der Waals surface area (Å²) in [6.45, 7) is 6.34. The van der Waals surface area contributed by atoms with Gasteiger partial charge in [0.1, 0.15) is 0 Å². The molecule has 1 aliphatic rings. The van der Waals surface area contributed by atoms with Gasteiger partial charge in [0.15, 0.2) is 0 Å². The van der Waals surface area contributed by atoms with E-state index in [1.165, 1.54) is 5.41 Å². The zero-order chi connectivity index (χ0) is 12.0. The van der Waals surface area contributed by atoms with Crippen molar-refractivity contribution < 1.29 is 8.42 Å². The minimum Gasteiger partial charge on any atom is -0.219 e. The lowest BCUT2D eigenvalue weighted by Crippen LogP contribution is -2.05. The number of hydrogen-bond donors (Lipinski definition) is 0. The van der Waals surface area contributed by atoms with Gasteiger partial charge in [0.25, 0.3) is 0 Å². The molecule has 1 aromatic carbocycles. The minimum absolute atomic E-state index is 0.0960. The molecular weight excluding hydrogens is 220 g/mol. The zero-order valence-corrected chi connectivity index (χ0v) is 10.6. The number of benzene rings is 1. The van der Waals surface area contributed by atoms with Gasteiger partial charge in [-0.1, -0.05) is 39.0 Å². The molecule has 3 heteroatoms. The molecule has 0 saturated heterocycles. The van der Waals surface area contributed by atoms with Crippen LogP contribution in [0.15, 0.2) is 34.6 Å². The Labute approximate surface area is 96.9 Å². The second-order valence-corrected chi connectivity index (χ2v) is 7.19. The van der Waals surface area contributed by atoms with Crippen molar-refractivity contribution in [3.63, 3.8) is 0 Å². The van der Waals surface area contributed by atoms with Gasteiger partial charge in [0, 0.05) is 5.41 Å². The number of rotatable bonds is 1. The average Bonchev–Trinajstić information content (AvgIpc) is 2.37.